The van der Waals surface area contributed by atoms with E-state index in [-0.39, 0.29) is 17.9 Å². The van der Waals surface area contributed by atoms with Crippen LogP contribution in [0.4, 0.5) is 0 Å². The first-order valence-electron chi connectivity index (χ1n) is 5.40. The van der Waals surface area contributed by atoms with E-state index in [1.165, 1.54) is 12.8 Å². The maximum absolute atomic E-state index is 11.2. The number of rotatable bonds is 3. The smallest absolute Gasteiger partial charge is 0.222 e. The van der Waals surface area contributed by atoms with E-state index in [0.29, 0.717) is 6.04 Å². The minimum Gasteiger partial charge on any atom is -0.369 e. The fourth-order valence-corrected chi connectivity index (χ4v) is 2.18. The van der Waals surface area contributed by atoms with E-state index in [9.17, 15) is 4.79 Å². The van der Waals surface area contributed by atoms with Crippen molar-refractivity contribution >= 4 is 5.91 Å². The number of carbonyl (C=O) groups excluding carboxylic acids is 1. The molecule has 1 aliphatic heterocycles. The fourth-order valence-electron chi connectivity index (χ4n) is 2.18. The van der Waals surface area contributed by atoms with Crippen molar-refractivity contribution in [2.75, 3.05) is 20.1 Å². The molecule has 2 atom stereocenters. The minimum absolute atomic E-state index is 0.0341. The van der Waals surface area contributed by atoms with Crippen LogP contribution in [0.2, 0.25) is 0 Å². The standard InChI is InChI=1S/C10H19N3O/c1-13-5-4-8(10(11)14)9(6-13)12-7-2-3-7/h7-9,12H,2-6H2,1H3,(H2,11,14). The predicted octanol–water partition coefficient (Wildman–Crippen LogP) is -0.456. The van der Waals surface area contributed by atoms with Crippen molar-refractivity contribution in [2.24, 2.45) is 11.7 Å². The Morgan fingerprint density at radius 3 is 2.71 bits per heavy atom. The molecule has 3 N–H and O–H groups in total. The van der Waals surface area contributed by atoms with Gasteiger partial charge in [-0.25, -0.2) is 0 Å². The summed E-state index contributed by atoms with van der Waals surface area (Å²) in [5, 5.41) is 3.51. The van der Waals surface area contributed by atoms with Gasteiger partial charge >= 0.3 is 0 Å². The van der Waals surface area contributed by atoms with Gasteiger partial charge in [-0.05, 0) is 32.9 Å². The molecule has 0 spiro atoms. The Bertz CT molecular complexity index is 225. The van der Waals surface area contributed by atoms with E-state index >= 15 is 0 Å². The Kier molecular flexibility index (Phi) is 2.74. The average Bonchev–Trinajstić information content (AvgIpc) is 2.87. The zero-order valence-corrected chi connectivity index (χ0v) is 8.70. The lowest BCUT2D eigenvalue weighted by molar-refractivity contribution is -0.124. The molecule has 4 nitrogen and oxygen atoms in total. The third-order valence-electron chi connectivity index (χ3n) is 3.21. The van der Waals surface area contributed by atoms with Crippen LogP contribution >= 0.6 is 0 Å². The summed E-state index contributed by atoms with van der Waals surface area (Å²) in [6.07, 6.45) is 3.41. The molecule has 2 rings (SSSR count). The minimum atomic E-state index is -0.142. The molecule has 0 aromatic carbocycles. The van der Waals surface area contributed by atoms with Crippen LogP contribution in [0.15, 0.2) is 0 Å². The number of nitrogens with two attached hydrogens (primary N) is 1. The van der Waals surface area contributed by atoms with E-state index in [1.807, 2.05) is 0 Å². The van der Waals surface area contributed by atoms with Gasteiger partial charge in [-0.15, -0.1) is 0 Å². The molecule has 0 radical (unpaired) electrons. The van der Waals surface area contributed by atoms with E-state index in [0.717, 1.165) is 19.5 Å². The third kappa shape index (κ3) is 2.25. The molecule has 1 saturated heterocycles. The summed E-state index contributed by atoms with van der Waals surface area (Å²) in [6, 6.07) is 0.923. The molecule has 1 heterocycles. The van der Waals surface area contributed by atoms with Crippen LogP contribution in [0.5, 0.6) is 0 Å². The Labute approximate surface area is 84.8 Å². The van der Waals surface area contributed by atoms with Crippen LogP contribution in [0.1, 0.15) is 19.3 Å². The molecule has 0 aromatic heterocycles. The number of primary amides is 1. The zero-order chi connectivity index (χ0) is 10.1. The summed E-state index contributed by atoms with van der Waals surface area (Å²) in [5.74, 6) is -0.108. The Hall–Kier alpha value is -0.610. The number of likely N-dealkylation sites (tertiary alicyclic amines) is 1. The van der Waals surface area contributed by atoms with E-state index in [1.54, 1.807) is 0 Å². The number of amides is 1. The highest BCUT2D eigenvalue weighted by atomic mass is 16.1. The normalized spacial score (nSPS) is 34.4. The Balaban J connectivity index is 1.94. The van der Waals surface area contributed by atoms with Gasteiger partial charge in [0.25, 0.3) is 0 Å². The van der Waals surface area contributed by atoms with Crippen LogP contribution in [-0.4, -0.2) is 43.0 Å². The van der Waals surface area contributed by atoms with Crippen molar-refractivity contribution in [1.29, 1.82) is 0 Å². The molecule has 0 aromatic rings. The van der Waals surface area contributed by atoms with Crippen LogP contribution in [0.25, 0.3) is 0 Å². The van der Waals surface area contributed by atoms with Gasteiger partial charge in [0.05, 0.1) is 5.92 Å². The maximum atomic E-state index is 11.2. The Morgan fingerprint density at radius 2 is 2.14 bits per heavy atom. The van der Waals surface area contributed by atoms with Gasteiger partial charge in [0.15, 0.2) is 0 Å². The van der Waals surface area contributed by atoms with Crippen LogP contribution in [0.3, 0.4) is 0 Å². The first kappa shape index (κ1) is 9.93. The quantitative estimate of drug-likeness (QED) is 0.644. The summed E-state index contributed by atoms with van der Waals surface area (Å²) in [6.45, 7) is 1.93. The molecule has 1 amide bonds. The molecule has 4 heteroatoms. The van der Waals surface area contributed by atoms with Gasteiger partial charge in [0, 0.05) is 18.6 Å². The number of piperidine rings is 1. The highest BCUT2D eigenvalue weighted by Crippen LogP contribution is 2.24. The molecule has 1 aliphatic carbocycles. The molecule has 14 heavy (non-hydrogen) atoms. The molecule has 2 fully saturated rings. The van der Waals surface area contributed by atoms with Gasteiger partial charge in [0.2, 0.25) is 5.91 Å². The summed E-state index contributed by atoms with van der Waals surface area (Å²) in [4.78, 5) is 13.5. The van der Waals surface area contributed by atoms with Crippen molar-refractivity contribution in [3.63, 3.8) is 0 Å². The van der Waals surface area contributed by atoms with E-state index in [4.69, 9.17) is 5.73 Å². The molecular weight excluding hydrogens is 178 g/mol. The summed E-state index contributed by atoms with van der Waals surface area (Å²) >= 11 is 0. The summed E-state index contributed by atoms with van der Waals surface area (Å²) in [5.41, 5.74) is 5.40. The molecule has 80 valence electrons. The average molecular weight is 197 g/mol. The lowest BCUT2D eigenvalue weighted by atomic mass is 9.91. The number of nitrogens with one attached hydrogen (secondary N) is 1. The second kappa shape index (κ2) is 3.87. The first-order chi connectivity index (χ1) is 6.66. The molecular formula is C10H19N3O. The molecule has 2 aliphatic rings. The van der Waals surface area contributed by atoms with Crippen molar-refractivity contribution in [2.45, 2.75) is 31.3 Å². The summed E-state index contributed by atoms with van der Waals surface area (Å²) in [7, 11) is 2.10. The third-order valence-corrected chi connectivity index (χ3v) is 3.21. The number of carbonyl (C=O) groups is 1. The zero-order valence-electron chi connectivity index (χ0n) is 8.70. The number of nitrogens with zero attached hydrogens (tertiary/aromatic N) is 1. The Morgan fingerprint density at radius 1 is 1.43 bits per heavy atom. The highest BCUT2D eigenvalue weighted by Gasteiger charge is 2.35. The summed E-state index contributed by atoms with van der Waals surface area (Å²) < 4.78 is 0. The van der Waals surface area contributed by atoms with Crippen molar-refractivity contribution in [3.8, 4) is 0 Å². The molecule has 0 bridgehead atoms. The van der Waals surface area contributed by atoms with Gasteiger partial charge < -0.3 is 16.0 Å². The van der Waals surface area contributed by atoms with Crippen molar-refractivity contribution in [1.82, 2.24) is 10.2 Å². The lowest BCUT2D eigenvalue weighted by Crippen LogP contribution is -2.54. The van der Waals surface area contributed by atoms with Crippen LogP contribution < -0.4 is 11.1 Å². The largest absolute Gasteiger partial charge is 0.369 e. The SMILES string of the molecule is CN1CCC(C(N)=O)C(NC2CC2)C1. The van der Waals surface area contributed by atoms with E-state index < -0.39 is 0 Å². The second-order valence-corrected chi connectivity index (χ2v) is 4.61. The molecule has 1 saturated carbocycles. The highest BCUT2D eigenvalue weighted by molar-refractivity contribution is 5.77. The fraction of sp³-hybridized carbons (Fsp3) is 0.900. The number of likely N-dealkylation sites (N-methyl/N-ethyl adjacent to an activating group) is 1. The monoisotopic (exact) mass is 197 g/mol. The second-order valence-electron chi connectivity index (χ2n) is 4.61. The lowest BCUT2D eigenvalue weighted by Gasteiger charge is -2.35. The van der Waals surface area contributed by atoms with Crippen molar-refractivity contribution < 1.29 is 4.79 Å². The van der Waals surface area contributed by atoms with Gasteiger partial charge in [-0.3, -0.25) is 4.79 Å². The maximum Gasteiger partial charge on any atom is 0.222 e. The van der Waals surface area contributed by atoms with Crippen LogP contribution in [0, 0.1) is 5.92 Å². The topological polar surface area (TPSA) is 58.4 Å². The van der Waals surface area contributed by atoms with Crippen LogP contribution in [-0.2, 0) is 4.79 Å². The van der Waals surface area contributed by atoms with Gasteiger partial charge in [-0.2, -0.15) is 0 Å². The van der Waals surface area contributed by atoms with Gasteiger partial charge in [-0.1, -0.05) is 0 Å². The number of hydrogen-bond acceptors (Lipinski definition) is 3. The first-order valence-corrected chi connectivity index (χ1v) is 5.40. The predicted molar refractivity (Wildman–Crippen MR) is 54.7 cm³/mol. The van der Waals surface area contributed by atoms with Gasteiger partial charge in [0.1, 0.15) is 0 Å². The molecule has 2 unspecified atom stereocenters. The van der Waals surface area contributed by atoms with Crippen molar-refractivity contribution in [3.05, 3.63) is 0 Å². The number of hydrogen-bond donors (Lipinski definition) is 2. The van der Waals surface area contributed by atoms with E-state index in [2.05, 4.69) is 17.3 Å².